The van der Waals surface area contributed by atoms with Gasteiger partial charge in [0.2, 0.25) is 0 Å². The summed E-state index contributed by atoms with van der Waals surface area (Å²) in [4.78, 5) is 0. The van der Waals surface area contributed by atoms with Crippen molar-refractivity contribution in [1.29, 1.82) is 0 Å². The fourth-order valence-electron chi connectivity index (χ4n) is 2.82. The van der Waals surface area contributed by atoms with E-state index in [2.05, 4.69) is 23.5 Å². The minimum Gasteiger partial charge on any atom is -0.490 e. The third kappa shape index (κ3) is 2.94. The second kappa shape index (κ2) is 6.25. The van der Waals surface area contributed by atoms with Gasteiger partial charge in [-0.2, -0.15) is 0 Å². The number of piperidine rings is 1. The van der Waals surface area contributed by atoms with E-state index in [9.17, 15) is 5.11 Å². The fourth-order valence-corrected chi connectivity index (χ4v) is 2.82. The lowest BCUT2D eigenvalue weighted by Crippen LogP contribution is -2.45. The van der Waals surface area contributed by atoms with Crippen LogP contribution < -0.4 is 10.1 Å². The van der Waals surface area contributed by atoms with Crippen LogP contribution in [0.1, 0.15) is 19.3 Å². The first-order valence-electron chi connectivity index (χ1n) is 7.36. The van der Waals surface area contributed by atoms with Crippen LogP contribution in [-0.4, -0.2) is 30.4 Å². The van der Waals surface area contributed by atoms with Crippen LogP contribution in [0.2, 0.25) is 0 Å². The van der Waals surface area contributed by atoms with E-state index in [1.807, 2.05) is 24.3 Å². The van der Waals surface area contributed by atoms with Gasteiger partial charge in [-0.25, -0.2) is 0 Å². The summed E-state index contributed by atoms with van der Waals surface area (Å²) in [5, 5.41) is 15.8. The van der Waals surface area contributed by atoms with Crippen molar-refractivity contribution < 1.29 is 9.84 Å². The van der Waals surface area contributed by atoms with Crippen molar-refractivity contribution in [3.8, 4) is 5.75 Å². The highest BCUT2D eigenvalue weighted by atomic mass is 16.5. The molecule has 0 spiro atoms. The smallest absolute Gasteiger partial charge is 0.127 e. The Bertz CT molecular complexity index is 558. The minimum absolute atomic E-state index is 0.165. The molecule has 0 saturated carbocycles. The van der Waals surface area contributed by atoms with Gasteiger partial charge < -0.3 is 15.2 Å². The van der Waals surface area contributed by atoms with Crippen molar-refractivity contribution in [1.82, 2.24) is 5.32 Å². The molecule has 0 aromatic heterocycles. The Morgan fingerprint density at radius 1 is 1.15 bits per heavy atom. The summed E-state index contributed by atoms with van der Waals surface area (Å²) in [6, 6.07) is 14.3. The van der Waals surface area contributed by atoms with Gasteiger partial charge >= 0.3 is 0 Å². The lowest BCUT2D eigenvalue weighted by Gasteiger charge is -2.28. The highest BCUT2D eigenvalue weighted by Crippen LogP contribution is 2.25. The number of aliphatic hydroxyl groups is 1. The van der Waals surface area contributed by atoms with Crippen molar-refractivity contribution in [2.24, 2.45) is 0 Å². The molecule has 2 aromatic carbocycles. The van der Waals surface area contributed by atoms with Crippen LogP contribution in [0.25, 0.3) is 10.8 Å². The largest absolute Gasteiger partial charge is 0.490 e. The number of fused-ring (bicyclic) bond motifs is 1. The predicted molar refractivity (Wildman–Crippen MR) is 81.1 cm³/mol. The molecule has 2 aromatic rings. The summed E-state index contributed by atoms with van der Waals surface area (Å²) in [6.07, 6.45) is 2.96. The number of aliphatic hydroxyl groups excluding tert-OH is 1. The third-order valence-electron chi connectivity index (χ3n) is 3.97. The average Bonchev–Trinajstić information content (AvgIpc) is 2.53. The molecule has 3 heteroatoms. The molecule has 2 atom stereocenters. The zero-order chi connectivity index (χ0) is 13.8. The Morgan fingerprint density at radius 3 is 2.85 bits per heavy atom. The Morgan fingerprint density at radius 2 is 2.00 bits per heavy atom. The van der Waals surface area contributed by atoms with E-state index in [1.54, 1.807) is 0 Å². The fraction of sp³-hybridized carbons (Fsp3) is 0.412. The first-order chi connectivity index (χ1) is 9.84. The Balaban J connectivity index is 1.67. The lowest BCUT2D eigenvalue weighted by molar-refractivity contribution is 0.0645. The standard InChI is InChI=1S/C17H21NO2/c19-16(15-9-3-4-11-18-15)12-20-17-10-5-7-13-6-1-2-8-14(13)17/h1-2,5-8,10,15-16,18-19H,3-4,9,11-12H2/t15-,16+/m0/s1. The molecule has 0 aliphatic carbocycles. The first kappa shape index (κ1) is 13.4. The maximum Gasteiger partial charge on any atom is 0.127 e. The summed E-state index contributed by atoms with van der Waals surface area (Å²) < 4.78 is 5.84. The van der Waals surface area contributed by atoms with Crippen molar-refractivity contribution in [2.75, 3.05) is 13.2 Å². The van der Waals surface area contributed by atoms with E-state index in [0.717, 1.165) is 29.5 Å². The molecular formula is C17H21NO2. The van der Waals surface area contributed by atoms with Crippen LogP contribution in [0.4, 0.5) is 0 Å². The molecule has 0 unspecified atom stereocenters. The highest BCUT2D eigenvalue weighted by Gasteiger charge is 2.21. The number of hydrogen-bond acceptors (Lipinski definition) is 3. The molecule has 3 nitrogen and oxygen atoms in total. The molecule has 1 aliphatic heterocycles. The summed E-state index contributed by atoms with van der Waals surface area (Å²) >= 11 is 0. The second-order valence-electron chi connectivity index (χ2n) is 5.41. The van der Waals surface area contributed by atoms with Gasteiger partial charge in [-0.1, -0.05) is 42.8 Å². The number of nitrogens with one attached hydrogen (secondary N) is 1. The van der Waals surface area contributed by atoms with Crippen molar-refractivity contribution >= 4 is 10.8 Å². The minimum atomic E-state index is -0.450. The molecule has 106 valence electrons. The molecule has 2 N–H and O–H groups in total. The van der Waals surface area contributed by atoms with E-state index in [-0.39, 0.29) is 6.04 Å². The number of rotatable bonds is 4. The second-order valence-corrected chi connectivity index (χ2v) is 5.41. The molecule has 1 fully saturated rings. The molecule has 1 saturated heterocycles. The van der Waals surface area contributed by atoms with Crippen LogP contribution in [0.3, 0.4) is 0 Å². The molecule has 0 bridgehead atoms. The topological polar surface area (TPSA) is 41.5 Å². The highest BCUT2D eigenvalue weighted by molar-refractivity contribution is 5.88. The van der Waals surface area contributed by atoms with Crippen LogP contribution in [0.5, 0.6) is 5.75 Å². The van der Waals surface area contributed by atoms with Gasteiger partial charge in [-0.15, -0.1) is 0 Å². The van der Waals surface area contributed by atoms with Crippen LogP contribution >= 0.6 is 0 Å². The van der Waals surface area contributed by atoms with Gasteiger partial charge in [0.25, 0.3) is 0 Å². The van der Waals surface area contributed by atoms with E-state index in [0.29, 0.717) is 6.61 Å². The summed E-state index contributed by atoms with van der Waals surface area (Å²) in [5.41, 5.74) is 0. The van der Waals surface area contributed by atoms with Crippen molar-refractivity contribution in [3.05, 3.63) is 42.5 Å². The van der Waals surface area contributed by atoms with E-state index in [1.165, 1.54) is 12.8 Å². The molecule has 0 amide bonds. The third-order valence-corrected chi connectivity index (χ3v) is 3.97. The molecule has 20 heavy (non-hydrogen) atoms. The quantitative estimate of drug-likeness (QED) is 0.898. The van der Waals surface area contributed by atoms with Crippen molar-refractivity contribution in [2.45, 2.75) is 31.4 Å². The first-order valence-corrected chi connectivity index (χ1v) is 7.36. The van der Waals surface area contributed by atoms with Gasteiger partial charge in [-0.3, -0.25) is 0 Å². The number of hydrogen-bond donors (Lipinski definition) is 2. The molecule has 3 rings (SSSR count). The molecular weight excluding hydrogens is 250 g/mol. The lowest BCUT2D eigenvalue weighted by atomic mass is 10.0. The predicted octanol–water partition coefficient (Wildman–Crippen LogP) is 2.72. The monoisotopic (exact) mass is 271 g/mol. The summed E-state index contributed by atoms with van der Waals surface area (Å²) in [5.74, 6) is 0.845. The van der Waals surface area contributed by atoms with Crippen LogP contribution in [0.15, 0.2) is 42.5 Å². The van der Waals surface area contributed by atoms with Crippen molar-refractivity contribution in [3.63, 3.8) is 0 Å². The van der Waals surface area contributed by atoms with Gasteiger partial charge in [0.05, 0.1) is 0 Å². The van der Waals surface area contributed by atoms with Gasteiger partial charge in [0.1, 0.15) is 18.5 Å². The molecule has 1 aliphatic rings. The Kier molecular flexibility index (Phi) is 4.19. The summed E-state index contributed by atoms with van der Waals surface area (Å²) in [7, 11) is 0. The maximum atomic E-state index is 10.2. The zero-order valence-electron chi connectivity index (χ0n) is 11.6. The number of ether oxygens (including phenoxy) is 1. The SMILES string of the molecule is O[C@H](COc1cccc2ccccc12)[C@@H]1CCCCN1. The Hall–Kier alpha value is -1.58. The molecule has 0 radical (unpaired) electrons. The zero-order valence-corrected chi connectivity index (χ0v) is 11.6. The normalized spacial score (nSPS) is 20.8. The number of benzene rings is 2. The van der Waals surface area contributed by atoms with Gasteiger partial charge in [0.15, 0.2) is 0 Å². The summed E-state index contributed by atoms with van der Waals surface area (Å²) in [6.45, 7) is 1.33. The Labute approximate surface area is 119 Å². The van der Waals surface area contributed by atoms with E-state index < -0.39 is 6.10 Å². The van der Waals surface area contributed by atoms with Gasteiger partial charge in [0, 0.05) is 11.4 Å². The van der Waals surface area contributed by atoms with Crippen LogP contribution in [-0.2, 0) is 0 Å². The maximum absolute atomic E-state index is 10.2. The van der Waals surface area contributed by atoms with Gasteiger partial charge in [-0.05, 0) is 30.8 Å². The average molecular weight is 271 g/mol. The van der Waals surface area contributed by atoms with E-state index >= 15 is 0 Å². The van der Waals surface area contributed by atoms with E-state index in [4.69, 9.17) is 4.74 Å². The van der Waals surface area contributed by atoms with Crippen LogP contribution in [0, 0.1) is 0 Å². The molecule has 1 heterocycles.